The number of thioether (sulfide) groups is 1. The Labute approximate surface area is 113 Å². The molecule has 0 fully saturated rings. The Bertz CT molecular complexity index is 559. The Morgan fingerprint density at radius 2 is 2.21 bits per heavy atom. The van der Waals surface area contributed by atoms with Crippen molar-refractivity contribution >= 4 is 35.2 Å². The van der Waals surface area contributed by atoms with Crippen molar-refractivity contribution in [3.05, 3.63) is 23.8 Å². The van der Waals surface area contributed by atoms with E-state index in [1.807, 2.05) is 0 Å². The molecule has 1 aromatic rings. The number of ether oxygens (including phenoxy) is 1. The molecule has 0 aliphatic carbocycles. The highest BCUT2D eigenvalue weighted by atomic mass is 32.2. The van der Waals surface area contributed by atoms with Gasteiger partial charge in [0.2, 0.25) is 5.91 Å². The summed E-state index contributed by atoms with van der Waals surface area (Å²) in [6.07, 6.45) is 0. The highest BCUT2D eigenvalue weighted by molar-refractivity contribution is 8.00. The van der Waals surface area contributed by atoms with E-state index in [0.29, 0.717) is 5.69 Å². The quantitative estimate of drug-likeness (QED) is 0.796. The number of hydrogen-bond donors (Lipinski definition) is 2. The van der Waals surface area contributed by atoms with Gasteiger partial charge in [0, 0.05) is 4.90 Å². The van der Waals surface area contributed by atoms with E-state index in [1.54, 1.807) is 19.1 Å². The minimum absolute atomic E-state index is 0.111. The van der Waals surface area contributed by atoms with Crippen molar-refractivity contribution < 1.29 is 19.1 Å². The number of nitrogens with one attached hydrogen (secondary N) is 1. The van der Waals surface area contributed by atoms with Crippen LogP contribution in [-0.4, -0.2) is 29.6 Å². The molecule has 3 N–H and O–H groups in total. The predicted octanol–water partition coefficient (Wildman–Crippen LogP) is 0.761. The molecule has 6 nitrogen and oxygen atoms in total. The predicted molar refractivity (Wildman–Crippen MR) is 69.9 cm³/mol. The lowest BCUT2D eigenvalue weighted by molar-refractivity contribution is -0.121. The highest BCUT2D eigenvalue weighted by Gasteiger charge is 2.24. The molecule has 0 spiro atoms. The lowest BCUT2D eigenvalue weighted by Crippen LogP contribution is -2.26. The molecule has 7 heteroatoms. The van der Waals surface area contributed by atoms with Crippen molar-refractivity contribution in [2.45, 2.75) is 17.1 Å². The van der Waals surface area contributed by atoms with E-state index >= 15 is 0 Å². The van der Waals surface area contributed by atoms with Crippen molar-refractivity contribution in [1.82, 2.24) is 0 Å². The van der Waals surface area contributed by atoms with Gasteiger partial charge >= 0.3 is 5.97 Å². The van der Waals surface area contributed by atoms with Crippen LogP contribution in [0.15, 0.2) is 23.1 Å². The minimum atomic E-state index is -0.719. The zero-order valence-electron chi connectivity index (χ0n) is 10.1. The summed E-state index contributed by atoms with van der Waals surface area (Å²) in [6.45, 7) is 1.34. The van der Waals surface area contributed by atoms with Crippen LogP contribution in [0.25, 0.3) is 0 Å². The second-order valence-electron chi connectivity index (χ2n) is 4.00. The van der Waals surface area contributed by atoms with Crippen LogP contribution in [0, 0.1) is 0 Å². The maximum Gasteiger partial charge on any atom is 0.338 e. The van der Waals surface area contributed by atoms with Gasteiger partial charge in [0.15, 0.2) is 6.61 Å². The molecule has 1 aliphatic rings. The van der Waals surface area contributed by atoms with Crippen LogP contribution < -0.4 is 11.1 Å². The minimum Gasteiger partial charge on any atom is -0.452 e. The first-order valence-electron chi connectivity index (χ1n) is 5.54. The normalized spacial score (nSPS) is 17.3. The standard InChI is InChI=1S/C12H12N2O4S/c1-6-11(16)14-8-4-7(2-3-9(8)19-6)12(17)18-5-10(13)15/h2-4,6H,5H2,1H3,(H2,13,15)(H,14,16). The lowest BCUT2D eigenvalue weighted by atomic mass is 10.2. The molecule has 1 aromatic carbocycles. The van der Waals surface area contributed by atoms with Crippen LogP contribution in [-0.2, 0) is 14.3 Å². The zero-order valence-corrected chi connectivity index (χ0v) is 11.0. The van der Waals surface area contributed by atoms with Crippen molar-refractivity contribution in [3.8, 4) is 0 Å². The first-order chi connectivity index (χ1) is 8.97. The average molecular weight is 280 g/mol. The topological polar surface area (TPSA) is 98.5 Å². The molecule has 1 aliphatic heterocycles. The molecule has 0 aromatic heterocycles. The second-order valence-corrected chi connectivity index (χ2v) is 5.39. The summed E-state index contributed by atoms with van der Waals surface area (Å²) >= 11 is 1.42. The number of fused-ring (bicyclic) bond motifs is 1. The fourth-order valence-corrected chi connectivity index (χ4v) is 2.49. The maximum atomic E-state index is 11.6. The Morgan fingerprint density at radius 3 is 2.89 bits per heavy atom. The molecule has 2 rings (SSSR count). The third-order valence-electron chi connectivity index (χ3n) is 2.49. The van der Waals surface area contributed by atoms with Gasteiger partial charge < -0.3 is 15.8 Å². The molecular formula is C12H12N2O4S. The van der Waals surface area contributed by atoms with Gasteiger partial charge in [-0.15, -0.1) is 11.8 Å². The monoisotopic (exact) mass is 280 g/mol. The maximum absolute atomic E-state index is 11.6. The summed E-state index contributed by atoms with van der Waals surface area (Å²) in [5, 5.41) is 2.54. The van der Waals surface area contributed by atoms with Gasteiger partial charge in [-0.2, -0.15) is 0 Å². The van der Waals surface area contributed by atoms with Gasteiger partial charge in [-0.25, -0.2) is 4.79 Å². The zero-order chi connectivity index (χ0) is 14.0. The van der Waals surface area contributed by atoms with Crippen molar-refractivity contribution in [2.24, 2.45) is 5.73 Å². The van der Waals surface area contributed by atoms with Crippen LogP contribution in [0.5, 0.6) is 0 Å². The Balaban J connectivity index is 2.17. The Hall–Kier alpha value is -2.02. The van der Waals surface area contributed by atoms with Crippen LogP contribution >= 0.6 is 11.8 Å². The molecule has 1 unspecified atom stereocenters. The number of nitrogens with two attached hydrogens (primary N) is 1. The number of amides is 2. The molecule has 0 saturated heterocycles. The van der Waals surface area contributed by atoms with Gasteiger partial charge in [0.25, 0.3) is 5.91 Å². The third-order valence-corrected chi connectivity index (χ3v) is 3.67. The molecule has 0 radical (unpaired) electrons. The molecule has 0 bridgehead atoms. The Kier molecular flexibility index (Phi) is 3.75. The van der Waals surface area contributed by atoms with Crippen molar-refractivity contribution in [3.63, 3.8) is 0 Å². The number of primary amides is 1. The first kappa shape index (κ1) is 13.4. The van der Waals surface area contributed by atoms with Gasteiger partial charge in [0.1, 0.15) is 0 Å². The highest BCUT2D eigenvalue weighted by Crippen LogP contribution is 2.35. The van der Waals surface area contributed by atoms with Crippen LogP contribution in [0.2, 0.25) is 0 Å². The summed E-state index contributed by atoms with van der Waals surface area (Å²) in [6, 6.07) is 4.84. The average Bonchev–Trinajstić information content (AvgIpc) is 2.36. The summed E-state index contributed by atoms with van der Waals surface area (Å²) < 4.78 is 4.70. The van der Waals surface area contributed by atoms with E-state index in [-0.39, 0.29) is 16.7 Å². The molecular weight excluding hydrogens is 268 g/mol. The molecule has 100 valence electrons. The number of carbonyl (C=O) groups excluding carboxylic acids is 3. The molecule has 19 heavy (non-hydrogen) atoms. The SMILES string of the molecule is CC1Sc2ccc(C(=O)OCC(N)=O)cc2NC1=O. The third kappa shape index (κ3) is 3.05. The second kappa shape index (κ2) is 5.31. The van der Waals surface area contributed by atoms with E-state index < -0.39 is 18.5 Å². The molecule has 0 saturated carbocycles. The van der Waals surface area contributed by atoms with E-state index in [0.717, 1.165) is 4.90 Å². The van der Waals surface area contributed by atoms with Gasteiger partial charge in [0.05, 0.1) is 16.5 Å². The van der Waals surface area contributed by atoms with Crippen LogP contribution in [0.4, 0.5) is 5.69 Å². The van der Waals surface area contributed by atoms with Crippen LogP contribution in [0.1, 0.15) is 17.3 Å². The summed E-state index contributed by atoms with van der Waals surface area (Å²) in [7, 11) is 0. The fourth-order valence-electron chi connectivity index (χ4n) is 1.56. The molecule has 1 atom stereocenters. The molecule has 1 heterocycles. The Morgan fingerprint density at radius 1 is 1.47 bits per heavy atom. The van der Waals surface area contributed by atoms with Crippen LogP contribution in [0.3, 0.4) is 0 Å². The van der Waals surface area contributed by atoms with Gasteiger partial charge in [-0.1, -0.05) is 0 Å². The number of anilines is 1. The van der Waals surface area contributed by atoms with E-state index in [2.05, 4.69) is 5.32 Å². The van der Waals surface area contributed by atoms with Gasteiger partial charge in [-0.05, 0) is 25.1 Å². The number of rotatable bonds is 3. The number of hydrogen-bond acceptors (Lipinski definition) is 5. The molecule has 2 amide bonds. The van der Waals surface area contributed by atoms with E-state index in [4.69, 9.17) is 10.5 Å². The summed E-state index contributed by atoms with van der Waals surface area (Å²) in [4.78, 5) is 34.6. The van der Waals surface area contributed by atoms with E-state index in [1.165, 1.54) is 17.8 Å². The van der Waals surface area contributed by atoms with E-state index in [9.17, 15) is 14.4 Å². The number of esters is 1. The van der Waals surface area contributed by atoms with Gasteiger partial charge in [-0.3, -0.25) is 9.59 Å². The fraction of sp³-hybridized carbons (Fsp3) is 0.250. The summed E-state index contributed by atoms with van der Waals surface area (Å²) in [5.74, 6) is -1.48. The summed E-state index contributed by atoms with van der Waals surface area (Å²) in [5.41, 5.74) is 5.72. The van der Waals surface area contributed by atoms with Crippen molar-refractivity contribution in [1.29, 1.82) is 0 Å². The largest absolute Gasteiger partial charge is 0.452 e. The number of carbonyl (C=O) groups is 3. The first-order valence-corrected chi connectivity index (χ1v) is 6.42. The number of benzene rings is 1. The smallest absolute Gasteiger partial charge is 0.338 e. The van der Waals surface area contributed by atoms with Crippen molar-refractivity contribution in [2.75, 3.05) is 11.9 Å². The lowest BCUT2D eigenvalue weighted by Gasteiger charge is -2.21.